The van der Waals surface area contributed by atoms with Gasteiger partial charge in [0.25, 0.3) is 5.91 Å². The van der Waals surface area contributed by atoms with Crippen LogP contribution in [0.15, 0.2) is 34.3 Å². The molecule has 28 heavy (non-hydrogen) atoms. The Morgan fingerprint density at radius 2 is 1.96 bits per heavy atom. The quantitative estimate of drug-likeness (QED) is 0.763. The maximum Gasteiger partial charge on any atom is 0.256 e. The van der Waals surface area contributed by atoms with Crippen molar-refractivity contribution in [2.75, 3.05) is 5.32 Å². The molecule has 1 unspecified atom stereocenters. The number of amidine groups is 1. The summed E-state index contributed by atoms with van der Waals surface area (Å²) >= 11 is 0. The third-order valence-corrected chi connectivity index (χ3v) is 5.32. The van der Waals surface area contributed by atoms with Crippen LogP contribution in [0, 0.1) is 5.92 Å². The molecule has 6 nitrogen and oxygen atoms in total. The lowest BCUT2D eigenvalue weighted by Crippen LogP contribution is -2.27. The highest BCUT2D eigenvalue weighted by Gasteiger charge is 2.25. The molecule has 6 heteroatoms. The topological polar surface area (TPSA) is 80.1 Å². The molecular weight excluding hydrogens is 354 g/mol. The number of ether oxygens (including phenoxy) is 1. The summed E-state index contributed by atoms with van der Waals surface area (Å²) in [5, 5.41) is 2.92. The van der Waals surface area contributed by atoms with E-state index in [1.54, 1.807) is 6.92 Å². The molecule has 1 saturated carbocycles. The van der Waals surface area contributed by atoms with Crippen LogP contribution in [0.3, 0.4) is 0 Å². The first-order chi connectivity index (χ1) is 13.5. The highest BCUT2D eigenvalue weighted by molar-refractivity contribution is 6.14. The molecule has 1 aliphatic carbocycles. The van der Waals surface area contributed by atoms with Gasteiger partial charge in [-0.05, 0) is 50.8 Å². The van der Waals surface area contributed by atoms with Crippen LogP contribution in [0.1, 0.15) is 64.4 Å². The predicted molar refractivity (Wildman–Crippen MR) is 111 cm³/mol. The molecule has 2 amide bonds. The van der Waals surface area contributed by atoms with E-state index in [0.29, 0.717) is 25.0 Å². The normalized spacial score (nSPS) is 20.5. The van der Waals surface area contributed by atoms with Crippen molar-refractivity contribution < 1.29 is 14.3 Å². The molecule has 3 rings (SSSR count). The molecule has 0 saturated heterocycles. The van der Waals surface area contributed by atoms with Crippen LogP contribution in [0.4, 0.5) is 5.69 Å². The third kappa shape index (κ3) is 5.83. The van der Waals surface area contributed by atoms with Crippen molar-refractivity contribution in [2.45, 2.75) is 71.5 Å². The number of aliphatic imine (C=N–C) groups is 2. The zero-order valence-electron chi connectivity index (χ0n) is 16.7. The van der Waals surface area contributed by atoms with Gasteiger partial charge in [0.1, 0.15) is 5.84 Å². The maximum atomic E-state index is 12.3. The van der Waals surface area contributed by atoms with Gasteiger partial charge in [-0.25, -0.2) is 4.99 Å². The van der Waals surface area contributed by atoms with E-state index in [2.05, 4.69) is 15.3 Å². The van der Waals surface area contributed by atoms with Gasteiger partial charge in [0.15, 0.2) is 0 Å². The number of nitrogens with one attached hydrogen (secondary N) is 1. The minimum atomic E-state index is -0.398. The molecule has 1 aromatic rings. The van der Waals surface area contributed by atoms with Crippen molar-refractivity contribution in [1.29, 1.82) is 0 Å². The highest BCUT2D eigenvalue weighted by atomic mass is 16.5. The zero-order valence-corrected chi connectivity index (χ0v) is 16.7. The maximum absolute atomic E-state index is 12.3. The lowest BCUT2D eigenvalue weighted by atomic mass is 9.96. The van der Waals surface area contributed by atoms with Gasteiger partial charge in [-0.15, -0.1) is 0 Å². The molecule has 1 aromatic carbocycles. The van der Waals surface area contributed by atoms with Crippen LogP contribution in [-0.4, -0.2) is 29.5 Å². The van der Waals surface area contributed by atoms with Gasteiger partial charge < -0.3 is 10.1 Å². The summed E-state index contributed by atoms with van der Waals surface area (Å²) in [4.78, 5) is 32.5. The van der Waals surface area contributed by atoms with E-state index in [4.69, 9.17) is 4.74 Å². The first-order valence-corrected chi connectivity index (χ1v) is 10.2. The average Bonchev–Trinajstić information content (AvgIpc) is 2.66. The monoisotopic (exact) mass is 383 g/mol. The smallest absolute Gasteiger partial charge is 0.256 e. The predicted octanol–water partition coefficient (Wildman–Crippen LogP) is 4.29. The van der Waals surface area contributed by atoms with Crippen molar-refractivity contribution in [3.63, 3.8) is 0 Å². The summed E-state index contributed by atoms with van der Waals surface area (Å²) in [6.07, 6.45) is 7.12. The number of rotatable bonds is 7. The Morgan fingerprint density at radius 3 is 2.71 bits per heavy atom. The minimum Gasteiger partial charge on any atom is -0.374 e. The molecule has 0 spiro atoms. The Hall–Kier alpha value is -2.34. The number of carbonyl (C=O) groups excluding carboxylic acids is 2. The summed E-state index contributed by atoms with van der Waals surface area (Å²) in [6.45, 7) is 4.09. The molecule has 1 heterocycles. The summed E-state index contributed by atoms with van der Waals surface area (Å²) in [5.41, 5.74) is 2.54. The van der Waals surface area contributed by atoms with Crippen LogP contribution >= 0.6 is 0 Å². The average molecular weight is 383 g/mol. The molecule has 0 radical (unpaired) electrons. The largest absolute Gasteiger partial charge is 0.374 e. The van der Waals surface area contributed by atoms with Crippen molar-refractivity contribution in [2.24, 2.45) is 15.9 Å². The Labute approximate surface area is 166 Å². The number of carbonyl (C=O) groups is 2. The number of nitrogens with zero attached hydrogens (tertiary/aromatic N) is 2. The molecule has 1 aliphatic heterocycles. The van der Waals surface area contributed by atoms with Gasteiger partial charge >= 0.3 is 0 Å². The van der Waals surface area contributed by atoms with Crippen LogP contribution in [0.2, 0.25) is 0 Å². The van der Waals surface area contributed by atoms with Crippen molar-refractivity contribution in [1.82, 2.24) is 0 Å². The van der Waals surface area contributed by atoms with Gasteiger partial charge in [-0.1, -0.05) is 31.4 Å². The highest BCUT2D eigenvalue weighted by Crippen LogP contribution is 2.22. The van der Waals surface area contributed by atoms with Crippen LogP contribution < -0.4 is 5.32 Å². The Kier molecular flexibility index (Phi) is 7.09. The fraction of sp³-hybridized carbons (Fsp3) is 0.545. The second-order valence-corrected chi connectivity index (χ2v) is 7.66. The molecule has 150 valence electrons. The number of anilines is 1. The molecule has 1 N–H and O–H groups in total. The van der Waals surface area contributed by atoms with E-state index in [9.17, 15) is 9.59 Å². The fourth-order valence-corrected chi connectivity index (χ4v) is 3.79. The Morgan fingerprint density at radius 1 is 1.18 bits per heavy atom. The lowest BCUT2D eigenvalue weighted by Gasteiger charge is -2.22. The van der Waals surface area contributed by atoms with Gasteiger partial charge in [0, 0.05) is 17.8 Å². The van der Waals surface area contributed by atoms with Crippen molar-refractivity contribution in [3.05, 3.63) is 29.8 Å². The van der Waals surface area contributed by atoms with Crippen molar-refractivity contribution in [3.8, 4) is 0 Å². The van der Waals surface area contributed by atoms with Crippen LogP contribution in [0.25, 0.3) is 0 Å². The molecule has 0 bridgehead atoms. The zero-order chi connectivity index (χ0) is 19.9. The summed E-state index contributed by atoms with van der Waals surface area (Å²) < 4.78 is 6.01. The van der Waals surface area contributed by atoms with E-state index in [1.807, 2.05) is 31.2 Å². The van der Waals surface area contributed by atoms with Gasteiger partial charge in [0.05, 0.1) is 18.6 Å². The van der Waals surface area contributed by atoms with E-state index in [-0.39, 0.29) is 18.2 Å². The second kappa shape index (κ2) is 9.73. The first-order valence-electron chi connectivity index (χ1n) is 10.2. The molecule has 0 aromatic heterocycles. The van der Waals surface area contributed by atoms with E-state index >= 15 is 0 Å². The van der Waals surface area contributed by atoms with Crippen LogP contribution in [0.5, 0.6) is 0 Å². The van der Waals surface area contributed by atoms with Gasteiger partial charge in [0.2, 0.25) is 5.91 Å². The number of hydrogen-bond acceptors (Lipinski definition) is 4. The van der Waals surface area contributed by atoms with E-state index in [1.165, 1.54) is 19.3 Å². The molecule has 2 aliphatic rings. The Balaban J connectivity index is 1.47. The molecular formula is C22H29N3O3. The van der Waals surface area contributed by atoms with Crippen LogP contribution in [-0.2, 0) is 20.9 Å². The molecule has 1 atom stereocenters. The Bertz CT molecular complexity index is 779. The summed E-state index contributed by atoms with van der Waals surface area (Å²) in [5.74, 6) is -0.239. The lowest BCUT2D eigenvalue weighted by molar-refractivity contribution is -0.120. The van der Waals surface area contributed by atoms with E-state index < -0.39 is 5.92 Å². The van der Waals surface area contributed by atoms with Gasteiger partial charge in [-0.3, -0.25) is 9.59 Å². The van der Waals surface area contributed by atoms with Gasteiger partial charge in [-0.2, -0.15) is 4.99 Å². The SMILES string of the molecule is CC1=NC(=O)C(CCC(=O)Nc2cccc(COC3CCCCC3)c2)C(C)=N1. The summed E-state index contributed by atoms with van der Waals surface area (Å²) in [6, 6.07) is 7.76. The fourth-order valence-electron chi connectivity index (χ4n) is 3.79. The second-order valence-electron chi connectivity index (χ2n) is 7.66. The first kappa shape index (κ1) is 20.4. The molecule has 1 fully saturated rings. The standard InChI is InChI=1S/C22H29N3O3/c1-15-20(22(27)24-16(2)23-15)11-12-21(26)25-18-8-6-7-17(13-18)14-28-19-9-4-3-5-10-19/h6-8,13,19-20H,3-5,9-12,14H2,1-2H3,(H,25,26). The number of benzene rings is 1. The third-order valence-electron chi connectivity index (χ3n) is 5.32. The van der Waals surface area contributed by atoms with Crippen molar-refractivity contribution >= 4 is 29.0 Å². The number of amides is 2. The minimum absolute atomic E-state index is 0.114. The summed E-state index contributed by atoms with van der Waals surface area (Å²) in [7, 11) is 0. The van der Waals surface area contributed by atoms with E-state index in [0.717, 1.165) is 29.8 Å². The number of hydrogen-bond donors (Lipinski definition) is 1.